The van der Waals surface area contributed by atoms with E-state index in [2.05, 4.69) is 19.8 Å². The van der Waals surface area contributed by atoms with E-state index < -0.39 is 16.0 Å². The molecule has 152 valence electrons. The van der Waals surface area contributed by atoms with Gasteiger partial charge in [-0.15, -0.1) is 0 Å². The van der Waals surface area contributed by atoms with Crippen molar-refractivity contribution in [2.75, 3.05) is 13.2 Å². The Balaban J connectivity index is 1.51. The molecule has 0 atom stereocenters. The number of aryl methyl sites for hydroxylation is 1. The summed E-state index contributed by atoms with van der Waals surface area (Å²) in [6.45, 7) is 2.07. The van der Waals surface area contributed by atoms with E-state index in [1.54, 1.807) is 25.4 Å². The molecule has 0 spiro atoms. The van der Waals surface area contributed by atoms with Gasteiger partial charge in [0.05, 0.1) is 17.1 Å². The SMILES string of the molecule is CCNS(=O)(=O)c1cccc(C(=O)OCCCc2nc(-c3cccnc3)no2)c1. The number of nitrogens with zero attached hydrogens (tertiary/aromatic N) is 3. The lowest BCUT2D eigenvalue weighted by Crippen LogP contribution is -2.23. The van der Waals surface area contributed by atoms with E-state index in [9.17, 15) is 13.2 Å². The average Bonchev–Trinajstić information content (AvgIpc) is 3.21. The van der Waals surface area contributed by atoms with Crippen LogP contribution in [0.2, 0.25) is 0 Å². The third-order valence-electron chi connectivity index (χ3n) is 3.87. The number of hydrogen-bond donors (Lipinski definition) is 1. The number of pyridine rings is 1. The Morgan fingerprint density at radius 1 is 1.24 bits per heavy atom. The largest absolute Gasteiger partial charge is 0.462 e. The molecule has 2 heterocycles. The predicted molar refractivity (Wildman–Crippen MR) is 103 cm³/mol. The first-order valence-corrected chi connectivity index (χ1v) is 10.5. The Hall–Kier alpha value is -3.11. The van der Waals surface area contributed by atoms with Gasteiger partial charge in [0.2, 0.25) is 21.7 Å². The number of rotatable bonds is 9. The molecule has 0 aliphatic heterocycles. The summed E-state index contributed by atoms with van der Waals surface area (Å²) in [4.78, 5) is 20.5. The highest BCUT2D eigenvalue weighted by molar-refractivity contribution is 7.89. The zero-order valence-corrected chi connectivity index (χ0v) is 16.6. The summed E-state index contributed by atoms with van der Waals surface area (Å²) in [5, 5.41) is 3.90. The normalized spacial score (nSPS) is 11.3. The maximum absolute atomic E-state index is 12.2. The van der Waals surface area contributed by atoms with Crippen LogP contribution in [0, 0.1) is 0 Å². The highest BCUT2D eigenvalue weighted by Crippen LogP contribution is 2.15. The summed E-state index contributed by atoms with van der Waals surface area (Å²) < 4.78 is 36.9. The topological polar surface area (TPSA) is 124 Å². The fourth-order valence-corrected chi connectivity index (χ4v) is 3.59. The van der Waals surface area contributed by atoms with E-state index in [1.807, 2.05) is 6.07 Å². The number of carbonyl (C=O) groups excluding carboxylic acids is 1. The molecular formula is C19H20N4O5S. The summed E-state index contributed by atoms with van der Waals surface area (Å²) >= 11 is 0. The second-order valence-electron chi connectivity index (χ2n) is 6.02. The molecule has 10 heteroatoms. The number of aromatic nitrogens is 3. The van der Waals surface area contributed by atoms with Crippen LogP contribution in [0.15, 0.2) is 58.2 Å². The molecule has 0 radical (unpaired) electrons. The standard InChI is InChI=1S/C19H20N4O5S/c1-2-21-29(25,26)16-8-3-6-14(12-16)19(24)27-11-5-9-17-22-18(23-28-17)15-7-4-10-20-13-15/h3-4,6-8,10,12-13,21H,2,5,9,11H2,1H3. The number of ether oxygens (including phenoxy) is 1. The van der Waals surface area contributed by atoms with Crippen molar-refractivity contribution in [3.63, 3.8) is 0 Å². The monoisotopic (exact) mass is 416 g/mol. The van der Waals surface area contributed by atoms with Gasteiger partial charge in [0.1, 0.15) is 0 Å². The highest BCUT2D eigenvalue weighted by Gasteiger charge is 2.16. The summed E-state index contributed by atoms with van der Waals surface area (Å²) in [6, 6.07) is 9.32. The highest BCUT2D eigenvalue weighted by atomic mass is 32.2. The number of carbonyl (C=O) groups is 1. The smallest absolute Gasteiger partial charge is 0.338 e. The summed E-state index contributed by atoms with van der Waals surface area (Å²) in [7, 11) is -3.64. The van der Waals surface area contributed by atoms with E-state index in [0.29, 0.717) is 24.6 Å². The molecule has 0 saturated heterocycles. The van der Waals surface area contributed by atoms with Crippen LogP contribution in [0.1, 0.15) is 29.6 Å². The third kappa shape index (κ3) is 5.46. The average molecular weight is 416 g/mol. The summed E-state index contributed by atoms with van der Waals surface area (Å²) in [5.74, 6) is 0.280. The zero-order valence-electron chi connectivity index (χ0n) is 15.7. The Bertz CT molecular complexity index is 1070. The van der Waals surface area contributed by atoms with Gasteiger partial charge < -0.3 is 9.26 Å². The molecule has 3 rings (SSSR count). The van der Waals surface area contributed by atoms with Gasteiger partial charge in [-0.25, -0.2) is 17.9 Å². The Labute approximate surface area is 168 Å². The molecule has 0 unspecified atom stereocenters. The van der Waals surface area contributed by atoms with Gasteiger partial charge in [-0.05, 0) is 36.8 Å². The molecule has 0 aliphatic rings. The minimum Gasteiger partial charge on any atom is -0.462 e. The van der Waals surface area contributed by atoms with E-state index in [1.165, 1.54) is 24.3 Å². The third-order valence-corrected chi connectivity index (χ3v) is 5.41. The molecule has 2 aromatic heterocycles. The van der Waals surface area contributed by atoms with Crippen molar-refractivity contribution in [1.29, 1.82) is 0 Å². The molecule has 29 heavy (non-hydrogen) atoms. The van der Waals surface area contributed by atoms with Crippen molar-refractivity contribution >= 4 is 16.0 Å². The lowest BCUT2D eigenvalue weighted by molar-refractivity contribution is 0.0498. The summed E-state index contributed by atoms with van der Waals surface area (Å²) in [6.07, 6.45) is 4.22. The van der Waals surface area contributed by atoms with Gasteiger partial charge in [-0.3, -0.25) is 4.98 Å². The van der Waals surface area contributed by atoms with Gasteiger partial charge in [-0.1, -0.05) is 18.1 Å². The van der Waals surface area contributed by atoms with Crippen LogP contribution >= 0.6 is 0 Å². The molecule has 0 bridgehead atoms. The van der Waals surface area contributed by atoms with Crippen LogP contribution in [-0.4, -0.2) is 42.7 Å². The van der Waals surface area contributed by atoms with Crippen LogP contribution in [-0.2, 0) is 21.2 Å². The molecule has 3 aromatic rings. The van der Waals surface area contributed by atoms with Crippen molar-refractivity contribution in [1.82, 2.24) is 19.8 Å². The maximum atomic E-state index is 12.2. The zero-order chi connectivity index (χ0) is 20.7. The first kappa shape index (κ1) is 20.6. The van der Waals surface area contributed by atoms with Crippen molar-refractivity contribution < 1.29 is 22.5 Å². The summed E-state index contributed by atoms with van der Waals surface area (Å²) in [5.41, 5.74) is 0.918. The number of hydrogen-bond acceptors (Lipinski definition) is 8. The minimum absolute atomic E-state index is 0.0163. The number of nitrogens with one attached hydrogen (secondary N) is 1. The van der Waals surface area contributed by atoms with E-state index in [-0.39, 0.29) is 23.6 Å². The first-order chi connectivity index (χ1) is 14.0. The fraction of sp³-hybridized carbons (Fsp3) is 0.263. The molecule has 0 saturated carbocycles. The number of benzene rings is 1. The number of sulfonamides is 1. The van der Waals surface area contributed by atoms with Gasteiger partial charge in [0.25, 0.3) is 0 Å². The van der Waals surface area contributed by atoms with Gasteiger partial charge in [0.15, 0.2) is 0 Å². The van der Waals surface area contributed by atoms with Crippen LogP contribution in [0.5, 0.6) is 0 Å². The molecule has 0 fully saturated rings. The lowest BCUT2D eigenvalue weighted by Gasteiger charge is -2.07. The van der Waals surface area contributed by atoms with Gasteiger partial charge >= 0.3 is 5.97 Å². The first-order valence-electron chi connectivity index (χ1n) is 8.99. The van der Waals surface area contributed by atoms with Crippen LogP contribution in [0.25, 0.3) is 11.4 Å². The van der Waals surface area contributed by atoms with Gasteiger partial charge in [0, 0.05) is 30.9 Å². The van der Waals surface area contributed by atoms with E-state index >= 15 is 0 Å². The molecule has 1 N–H and O–H groups in total. The number of esters is 1. The van der Waals surface area contributed by atoms with E-state index in [0.717, 1.165) is 5.56 Å². The molecule has 0 amide bonds. The van der Waals surface area contributed by atoms with Crippen molar-refractivity contribution in [2.24, 2.45) is 0 Å². The van der Waals surface area contributed by atoms with Crippen LogP contribution in [0.3, 0.4) is 0 Å². The Morgan fingerprint density at radius 2 is 2.10 bits per heavy atom. The second-order valence-corrected chi connectivity index (χ2v) is 7.79. The molecular weight excluding hydrogens is 396 g/mol. The van der Waals surface area contributed by atoms with Crippen LogP contribution in [0.4, 0.5) is 0 Å². The Kier molecular flexibility index (Phi) is 6.68. The van der Waals surface area contributed by atoms with Crippen LogP contribution < -0.4 is 4.72 Å². The minimum atomic E-state index is -3.64. The molecule has 9 nitrogen and oxygen atoms in total. The fourth-order valence-electron chi connectivity index (χ4n) is 2.50. The van der Waals surface area contributed by atoms with E-state index in [4.69, 9.17) is 9.26 Å². The molecule has 1 aromatic carbocycles. The lowest BCUT2D eigenvalue weighted by atomic mass is 10.2. The second kappa shape index (κ2) is 9.39. The van der Waals surface area contributed by atoms with Crippen molar-refractivity contribution in [3.8, 4) is 11.4 Å². The predicted octanol–water partition coefficient (Wildman–Crippen LogP) is 2.22. The van der Waals surface area contributed by atoms with Gasteiger partial charge in [-0.2, -0.15) is 4.98 Å². The Morgan fingerprint density at radius 3 is 2.86 bits per heavy atom. The molecule has 0 aliphatic carbocycles. The van der Waals surface area contributed by atoms with Crippen molar-refractivity contribution in [3.05, 3.63) is 60.2 Å². The quantitative estimate of drug-likeness (QED) is 0.416. The maximum Gasteiger partial charge on any atom is 0.338 e. The van der Waals surface area contributed by atoms with Crippen molar-refractivity contribution in [2.45, 2.75) is 24.7 Å².